The van der Waals surface area contributed by atoms with Crippen LogP contribution in [-0.2, 0) is 9.59 Å². The minimum Gasteiger partial charge on any atom is -0.481 e. The molecule has 0 rings (SSSR count). The van der Waals surface area contributed by atoms with Gasteiger partial charge in [-0.25, -0.2) is 0 Å². The second-order valence-electron chi connectivity index (χ2n) is 1.99. The number of nitrogens with one attached hydrogen (secondary N) is 1. The van der Waals surface area contributed by atoms with E-state index in [4.69, 9.17) is 10.2 Å². The Morgan fingerprint density at radius 1 is 1.17 bits per heavy atom. The molecule has 5 heteroatoms. The van der Waals surface area contributed by atoms with Crippen LogP contribution in [0.25, 0.3) is 0 Å². The molecule has 0 radical (unpaired) electrons. The largest absolute Gasteiger partial charge is 0.481 e. The second-order valence-corrected chi connectivity index (χ2v) is 1.99. The van der Waals surface area contributed by atoms with Gasteiger partial charge in [-0.2, -0.15) is 0 Å². The molecule has 0 saturated heterocycles. The van der Waals surface area contributed by atoms with Gasteiger partial charge in [-0.15, -0.1) is 0 Å². The molecule has 5 nitrogen and oxygen atoms in total. The van der Waals surface area contributed by atoms with Crippen LogP contribution in [-0.4, -0.2) is 35.7 Å². The van der Waals surface area contributed by atoms with E-state index >= 15 is 0 Å². The molecule has 0 spiro atoms. The van der Waals surface area contributed by atoms with Gasteiger partial charge in [-0.3, -0.25) is 9.59 Å². The quantitative estimate of drug-likeness (QED) is 0.569. The lowest BCUT2D eigenvalue weighted by Crippen LogP contribution is -2.01. The Bertz CT molecular complexity index is 119. The summed E-state index contributed by atoms with van der Waals surface area (Å²) in [6.45, 7) is 3.14. The van der Waals surface area contributed by atoms with E-state index in [2.05, 4.69) is 12.2 Å². The summed E-state index contributed by atoms with van der Waals surface area (Å²) in [6, 6.07) is 0. The van der Waals surface area contributed by atoms with Crippen molar-refractivity contribution in [1.29, 1.82) is 0 Å². The highest BCUT2D eigenvalue weighted by Gasteiger charge is 2.00. The Hall–Kier alpha value is -1.10. The summed E-state index contributed by atoms with van der Waals surface area (Å²) in [5.41, 5.74) is 0. The fourth-order valence-electron chi connectivity index (χ4n) is 0.214. The van der Waals surface area contributed by atoms with Crippen LogP contribution in [0.3, 0.4) is 0 Å². The highest BCUT2D eigenvalue weighted by Crippen LogP contribution is 1.86. The molecule has 0 aliphatic heterocycles. The van der Waals surface area contributed by atoms with E-state index in [9.17, 15) is 9.59 Å². The molecule has 0 aliphatic carbocycles. The Balaban J connectivity index is 0. The zero-order chi connectivity index (χ0) is 9.98. The lowest BCUT2D eigenvalue weighted by Gasteiger charge is -1.85. The van der Waals surface area contributed by atoms with Crippen LogP contribution < -0.4 is 5.32 Å². The van der Waals surface area contributed by atoms with Gasteiger partial charge in [0, 0.05) is 0 Å². The van der Waals surface area contributed by atoms with Crippen molar-refractivity contribution in [3.63, 3.8) is 0 Å². The third kappa shape index (κ3) is 23.1. The van der Waals surface area contributed by atoms with Gasteiger partial charge < -0.3 is 15.5 Å². The topological polar surface area (TPSA) is 86.6 Å². The molecule has 0 unspecified atom stereocenters. The van der Waals surface area contributed by atoms with Gasteiger partial charge in [0.05, 0.1) is 12.8 Å². The van der Waals surface area contributed by atoms with Crippen LogP contribution in [0.2, 0.25) is 0 Å². The summed E-state index contributed by atoms with van der Waals surface area (Å²) in [6.07, 6.45) is -0.593. The fourth-order valence-corrected chi connectivity index (χ4v) is 0.214. The Labute approximate surface area is 71.4 Å². The van der Waals surface area contributed by atoms with Gasteiger partial charge in [-0.1, -0.05) is 6.92 Å². The maximum atomic E-state index is 9.64. The average molecular weight is 177 g/mol. The number of aliphatic carboxylic acids is 2. The van der Waals surface area contributed by atoms with Crippen LogP contribution in [0, 0.1) is 0 Å². The van der Waals surface area contributed by atoms with Gasteiger partial charge in [0.2, 0.25) is 0 Å². The minimum absolute atomic E-state index is 0.296. The van der Waals surface area contributed by atoms with E-state index in [1.54, 1.807) is 0 Å². The SMILES string of the molecule is CCNC.O=C(O)CCC(=O)O. The van der Waals surface area contributed by atoms with Crippen LogP contribution in [0.15, 0.2) is 0 Å². The second kappa shape index (κ2) is 9.90. The van der Waals surface area contributed by atoms with Gasteiger partial charge in [0.15, 0.2) is 0 Å². The van der Waals surface area contributed by atoms with Crippen molar-refractivity contribution in [2.24, 2.45) is 0 Å². The molecule has 0 bridgehead atoms. The maximum absolute atomic E-state index is 9.64. The van der Waals surface area contributed by atoms with Crippen LogP contribution in [0.1, 0.15) is 19.8 Å². The first-order chi connectivity index (χ1) is 5.54. The van der Waals surface area contributed by atoms with Gasteiger partial charge in [0.25, 0.3) is 0 Å². The lowest BCUT2D eigenvalue weighted by molar-refractivity contribution is -0.143. The molecule has 0 heterocycles. The predicted molar refractivity (Wildman–Crippen MR) is 44.1 cm³/mol. The van der Waals surface area contributed by atoms with Crippen molar-refractivity contribution in [3.8, 4) is 0 Å². The van der Waals surface area contributed by atoms with Crippen LogP contribution >= 0.6 is 0 Å². The minimum atomic E-state index is -1.08. The zero-order valence-corrected chi connectivity index (χ0v) is 7.33. The average Bonchev–Trinajstić information content (AvgIpc) is 2.01. The number of hydrogen-bond donors (Lipinski definition) is 3. The molecule has 0 aromatic carbocycles. The smallest absolute Gasteiger partial charge is 0.303 e. The molecule has 72 valence electrons. The molecule has 12 heavy (non-hydrogen) atoms. The van der Waals surface area contributed by atoms with E-state index in [0.717, 1.165) is 6.54 Å². The Morgan fingerprint density at radius 3 is 1.50 bits per heavy atom. The van der Waals surface area contributed by atoms with Crippen LogP contribution in [0.5, 0.6) is 0 Å². The number of rotatable bonds is 4. The van der Waals surface area contributed by atoms with E-state index in [1.165, 1.54) is 0 Å². The summed E-state index contributed by atoms with van der Waals surface area (Å²) in [5.74, 6) is -2.15. The zero-order valence-electron chi connectivity index (χ0n) is 7.33. The molecular weight excluding hydrogens is 162 g/mol. The van der Waals surface area contributed by atoms with E-state index in [1.807, 2.05) is 7.05 Å². The molecule has 3 N–H and O–H groups in total. The molecule has 0 aliphatic rings. The van der Waals surface area contributed by atoms with E-state index in [0.29, 0.717) is 0 Å². The summed E-state index contributed by atoms with van der Waals surface area (Å²) in [5, 5.41) is 18.7. The first-order valence-corrected chi connectivity index (χ1v) is 3.62. The maximum Gasteiger partial charge on any atom is 0.303 e. The van der Waals surface area contributed by atoms with Crippen molar-refractivity contribution in [1.82, 2.24) is 5.32 Å². The predicted octanol–water partition coefficient (Wildman–Crippen LogP) is 0.161. The first-order valence-electron chi connectivity index (χ1n) is 3.62. The van der Waals surface area contributed by atoms with E-state index < -0.39 is 11.9 Å². The Morgan fingerprint density at radius 2 is 1.42 bits per heavy atom. The summed E-state index contributed by atoms with van der Waals surface area (Å²) < 4.78 is 0. The standard InChI is InChI=1S/C4H6O4.C3H9N/c5-3(6)1-2-4(7)8;1-3-4-2/h1-2H2,(H,5,6)(H,7,8);4H,3H2,1-2H3. The van der Waals surface area contributed by atoms with Gasteiger partial charge >= 0.3 is 11.9 Å². The van der Waals surface area contributed by atoms with Crippen molar-refractivity contribution < 1.29 is 19.8 Å². The van der Waals surface area contributed by atoms with Crippen molar-refractivity contribution in [3.05, 3.63) is 0 Å². The van der Waals surface area contributed by atoms with Gasteiger partial charge in [-0.05, 0) is 13.6 Å². The molecule has 0 aromatic rings. The lowest BCUT2D eigenvalue weighted by atomic mass is 10.3. The molecular formula is C7H15NO4. The molecule has 0 amide bonds. The molecule has 0 aromatic heterocycles. The fraction of sp³-hybridized carbons (Fsp3) is 0.714. The first kappa shape index (κ1) is 13.5. The third-order valence-corrected chi connectivity index (χ3v) is 0.906. The highest BCUT2D eigenvalue weighted by atomic mass is 16.4. The molecule has 0 fully saturated rings. The number of carboxylic acids is 2. The van der Waals surface area contributed by atoms with Crippen molar-refractivity contribution in [2.75, 3.05) is 13.6 Å². The highest BCUT2D eigenvalue weighted by molar-refractivity contribution is 5.75. The molecule has 0 saturated carbocycles. The monoisotopic (exact) mass is 177 g/mol. The van der Waals surface area contributed by atoms with Crippen molar-refractivity contribution >= 4 is 11.9 Å². The normalized spacial score (nSPS) is 8.17. The summed E-state index contributed by atoms with van der Waals surface area (Å²) in [7, 11) is 1.93. The summed E-state index contributed by atoms with van der Waals surface area (Å²) >= 11 is 0. The van der Waals surface area contributed by atoms with Crippen LogP contribution in [0.4, 0.5) is 0 Å². The molecule has 0 atom stereocenters. The third-order valence-electron chi connectivity index (χ3n) is 0.906. The van der Waals surface area contributed by atoms with Crippen molar-refractivity contribution in [2.45, 2.75) is 19.8 Å². The number of carboxylic acid groups (broad SMARTS) is 2. The van der Waals surface area contributed by atoms with Gasteiger partial charge in [0.1, 0.15) is 0 Å². The summed E-state index contributed by atoms with van der Waals surface area (Å²) in [4.78, 5) is 19.3. The Kier molecular flexibility index (Phi) is 11.1. The number of carbonyl (C=O) groups is 2. The van der Waals surface area contributed by atoms with E-state index in [-0.39, 0.29) is 12.8 Å². The number of hydrogen-bond acceptors (Lipinski definition) is 3.